The van der Waals surface area contributed by atoms with Gasteiger partial charge in [-0.2, -0.15) is 0 Å². The number of nitrogens with one attached hydrogen (secondary N) is 2. The minimum absolute atomic E-state index is 0.00843. The Morgan fingerprint density at radius 1 is 0.663 bits per heavy atom. The number of Topliss-reactive ketones (excluding diaryl/α,β-unsaturated/α-hetero) is 1. The zero-order valence-corrected chi connectivity index (χ0v) is 47.2. The van der Waals surface area contributed by atoms with Crippen LogP contribution < -0.4 is 22.1 Å². The average Bonchev–Trinajstić information content (AvgIpc) is 2.43. The summed E-state index contributed by atoms with van der Waals surface area (Å²) in [5.41, 5.74) is 18.6. The lowest BCUT2D eigenvalue weighted by molar-refractivity contribution is -0.152. The number of fused-ring (bicyclic) bond motifs is 4. The smallest absolute Gasteiger partial charge is 0.376 e. The van der Waals surface area contributed by atoms with Gasteiger partial charge in [0.2, 0.25) is 5.82 Å². The minimum atomic E-state index is -0.847. The minimum Gasteiger partial charge on any atom is -0.460 e. The Kier molecular flexibility index (Phi) is 16.5. The fourth-order valence-electron chi connectivity index (χ4n) is 9.23. The molecular formula is C54H51Cl2F2N21O7. The molecule has 32 heteroatoms. The Bertz CT molecular complexity index is 4400. The Labute approximate surface area is 494 Å². The molecule has 0 aromatic carbocycles. The SMILES string of the molecule is CCOC(=O)C(=O)CN.CCOC(=O)c1nncn1-c1cc(C2CC2)cn2cc(Cn3cc(C(=O)NCc4ncn5ccc(Cl)c(F)c45)nn3)nc12.Nc1cc(C2CC2)cn2cc(Cn3cc(C(=O)NCc4ncn5ccc(Cl)c(F)c45)nn3)nc12. The Balaban J connectivity index is 0.000000159. The summed E-state index contributed by atoms with van der Waals surface area (Å²) in [7, 11) is 0. The van der Waals surface area contributed by atoms with E-state index in [0.29, 0.717) is 58.1 Å². The molecule has 442 valence electrons. The van der Waals surface area contributed by atoms with Crippen LogP contribution in [0, 0.1) is 11.6 Å². The number of ketones is 1. The monoisotopic (exact) mass is 1210 g/mol. The van der Waals surface area contributed by atoms with Gasteiger partial charge in [-0.05, 0) is 86.8 Å². The number of imidazole rings is 4. The molecule has 11 aromatic heterocycles. The molecule has 13 rings (SSSR count). The van der Waals surface area contributed by atoms with E-state index in [2.05, 4.69) is 67.3 Å². The van der Waals surface area contributed by atoms with Gasteiger partial charge in [0.05, 0.1) is 115 Å². The third-order valence-corrected chi connectivity index (χ3v) is 14.2. The Hall–Kier alpha value is -10.1. The number of hydrogen-bond acceptors (Lipinski definition) is 19. The van der Waals surface area contributed by atoms with Crippen LogP contribution in [0.4, 0.5) is 14.5 Å². The maximum atomic E-state index is 14.5. The van der Waals surface area contributed by atoms with E-state index in [4.69, 9.17) is 44.4 Å². The van der Waals surface area contributed by atoms with Gasteiger partial charge in [0.25, 0.3) is 17.6 Å². The third-order valence-electron chi connectivity index (χ3n) is 13.7. The highest BCUT2D eigenvalue weighted by molar-refractivity contribution is 6.34. The molecule has 6 N–H and O–H groups in total. The van der Waals surface area contributed by atoms with Crippen molar-refractivity contribution in [1.82, 2.24) is 92.9 Å². The van der Waals surface area contributed by atoms with Crippen LogP contribution in [0.1, 0.15) is 117 Å². The molecule has 2 fully saturated rings. The summed E-state index contributed by atoms with van der Waals surface area (Å²) in [6.45, 7) is 4.03. The van der Waals surface area contributed by atoms with E-state index in [0.717, 1.165) is 24.1 Å². The molecule has 2 saturated carbocycles. The first-order valence-corrected chi connectivity index (χ1v) is 27.5. The number of carbonyl (C=O) groups is 5. The number of amides is 2. The first-order chi connectivity index (χ1) is 41.6. The molecule has 0 spiro atoms. The number of nitrogen functional groups attached to an aromatic ring is 1. The predicted molar refractivity (Wildman–Crippen MR) is 301 cm³/mol. The van der Waals surface area contributed by atoms with E-state index in [1.807, 2.05) is 39.5 Å². The van der Waals surface area contributed by atoms with Gasteiger partial charge in [0.15, 0.2) is 34.3 Å². The highest BCUT2D eigenvalue weighted by atomic mass is 35.5. The van der Waals surface area contributed by atoms with Crippen LogP contribution in [0.25, 0.3) is 28.0 Å². The molecule has 0 unspecified atom stereocenters. The van der Waals surface area contributed by atoms with Gasteiger partial charge in [-0.15, -0.1) is 20.4 Å². The van der Waals surface area contributed by atoms with Gasteiger partial charge in [0.1, 0.15) is 17.4 Å². The number of nitrogens with two attached hydrogens (primary N) is 2. The van der Waals surface area contributed by atoms with E-state index in [1.165, 1.54) is 80.1 Å². The number of hydrogen-bond donors (Lipinski definition) is 4. The van der Waals surface area contributed by atoms with Crippen LogP contribution in [0.5, 0.6) is 0 Å². The molecule has 86 heavy (non-hydrogen) atoms. The van der Waals surface area contributed by atoms with Crippen molar-refractivity contribution in [3.05, 3.63) is 166 Å². The van der Waals surface area contributed by atoms with Crippen molar-refractivity contribution in [3.8, 4) is 5.69 Å². The van der Waals surface area contributed by atoms with Crippen molar-refractivity contribution in [2.24, 2.45) is 5.73 Å². The van der Waals surface area contributed by atoms with E-state index in [1.54, 1.807) is 30.8 Å². The lowest BCUT2D eigenvalue weighted by Crippen LogP contribution is -2.25. The van der Waals surface area contributed by atoms with Gasteiger partial charge in [-0.1, -0.05) is 33.6 Å². The average molecular weight is 1220 g/mol. The third kappa shape index (κ3) is 12.4. The number of esters is 2. The molecule has 0 atom stereocenters. The van der Waals surface area contributed by atoms with Crippen molar-refractivity contribution in [2.45, 2.75) is 77.5 Å². The second-order valence-electron chi connectivity index (χ2n) is 19.8. The van der Waals surface area contributed by atoms with Crippen molar-refractivity contribution in [1.29, 1.82) is 0 Å². The second-order valence-corrected chi connectivity index (χ2v) is 20.6. The van der Waals surface area contributed by atoms with E-state index < -0.39 is 41.2 Å². The number of halogens is 4. The van der Waals surface area contributed by atoms with Crippen molar-refractivity contribution in [2.75, 3.05) is 25.5 Å². The van der Waals surface area contributed by atoms with E-state index in [-0.39, 0.29) is 77.7 Å². The normalized spacial score (nSPS) is 12.9. The molecule has 2 aliphatic rings. The molecule has 2 amide bonds. The van der Waals surface area contributed by atoms with Gasteiger partial charge >= 0.3 is 11.9 Å². The second kappa shape index (κ2) is 24.6. The first kappa shape index (κ1) is 57.7. The molecule has 28 nitrogen and oxygen atoms in total. The molecular weight excluding hydrogens is 1160 g/mol. The zero-order valence-electron chi connectivity index (χ0n) is 45.7. The van der Waals surface area contributed by atoms with Gasteiger partial charge in [-0.25, -0.2) is 47.7 Å². The summed E-state index contributed by atoms with van der Waals surface area (Å²) >= 11 is 11.8. The van der Waals surface area contributed by atoms with Crippen molar-refractivity contribution < 1.29 is 42.2 Å². The van der Waals surface area contributed by atoms with Crippen LogP contribution in [0.2, 0.25) is 10.0 Å². The Morgan fingerprint density at radius 3 is 1.69 bits per heavy atom. The summed E-state index contributed by atoms with van der Waals surface area (Å²) in [5.74, 6) is -3.19. The van der Waals surface area contributed by atoms with Crippen LogP contribution in [0.3, 0.4) is 0 Å². The van der Waals surface area contributed by atoms with Crippen LogP contribution in [0.15, 0.2) is 92.8 Å². The number of aromatic nitrogens is 17. The largest absolute Gasteiger partial charge is 0.460 e. The fourth-order valence-corrected chi connectivity index (χ4v) is 9.52. The van der Waals surface area contributed by atoms with Gasteiger partial charge < -0.3 is 49.2 Å². The molecule has 0 saturated heterocycles. The lowest BCUT2D eigenvalue weighted by atomic mass is 10.2. The predicted octanol–water partition coefficient (Wildman–Crippen LogP) is 4.86. The molecule has 2 aliphatic carbocycles. The molecule has 0 aliphatic heterocycles. The van der Waals surface area contributed by atoms with E-state index in [9.17, 15) is 32.8 Å². The van der Waals surface area contributed by atoms with E-state index >= 15 is 0 Å². The number of anilines is 1. The standard InChI is InChI=1S/C27H23ClFN11O3.C22H19ClFN9O.C5H9NO3/c1-2-43-27(42)25-35-32-14-40(25)21-7-16(15-3-4-15)9-38-10-17(33-24(21)38)11-39-12-20(34-36-39)26(41)30-8-19-23-22(29)18(28)5-6-37(23)13-31-19;23-15-3-4-31-11-27-17(20(31)19(15)24)6-26-22(34)18-10-33(30-29-18)9-14-8-32-7-13(12-1-2-12)5-16(25)21(32)28-14;1-2-9-5(8)4(7)3-6/h5-7,9-10,12-15H,2-4,8,11H2,1H3,(H,30,41);3-5,7-8,10-12H,1-2,6,9,25H2,(H,26,34);2-3,6H2,1H3. The number of rotatable bonds is 18. The van der Waals surface area contributed by atoms with Gasteiger partial charge in [-0.3, -0.25) is 19.0 Å². The van der Waals surface area contributed by atoms with Gasteiger partial charge in [0, 0.05) is 37.2 Å². The number of ether oxygens (including phenoxy) is 2. The lowest BCUT2D eigenvalue weighted by Gasteiger charge is -2.10. The Morgan fingerprint density at radius 2 is 1.17 bits per heavy atom. The maximum absolute atomic E-state index is 14.5. The molecule has 11 heterocycles. The summed E-state index contributed by atoms with van der Waals surface area (Å²) in [4.78, 5) is 76.2. The first-order valence-electron chi connectivity index (χ1n) is 26.8. The summed E-state index contributed by atoms with van der Waals surface area (Å²) in [5, 5.41) is 29.3. The van der Waals surface area contributed by atoms with Crippen LogP contribution in [-0.2, 0) is 45.2 Å². The topological polar surface area (TPSA) is 341 Å². The summed E-state index contributed by atoms with van der Waals surface area (Å²) < 4.78 is 49.8. The molecule has 0 bridgehead atoms. The van der Waals surface area contributed by atoms with Crippen LogP contribution in [-0.4, -0.2) is 132 Å². The molecule has 11 aromatic rings. The number of carbonyl (C=O) groups excluding carboxylic acids is 5. The summed E-state index contributed by atoms with van der Waals surface area (Å²) in [6, 6.07) is 6.86. The van der Waals surface area contributed by atoms with Crippen LogP contribution >= 0.6 is 23.2 Å². The van der Waals surface area contributed by atoms with Crippen molar-refractivity contribution in [3.63, 3.8) is 0 Å². The summed E-state index contributed by atoms with van der Waals surface area (Å²) in [6.07, 6.45) is 23.0. The molecule has 0 radical (unpaired) electrons. The zero-order chi connectivity index (χ0) is 60.3. The quantitative estimate of drug-likeness (QED) is 0.0658. The fraction of sp³-hybridized carbons (Fsp3) is 0.278. The highest BCUT2D eigenvalue weighted by Gasteiger charge is 2.28. The number of nitrogens with zero attached hydrogens (tertiary/aromatic N) is 17. The van der Waals surface area contributed by atoms with Crippen molar-refractivity contribution >= 4 is 80.8 Å². The highest BCUT2D eigenvalue weighted by Crippen LogP contribution is 2.42. The number of pyridine rings is 4. The maximum Gasteiger partial charge on any atom is 0.376 e.